The highest BCUT2D eigenvalue weighted by molar-refractivity contribution is 5.77. The monoisotopic (exact) mass is 325 g/mol. The molecule has 1 heterocycles. The Labute approximate surface area is 139 Å². The Morgan fingerprint density at radius 2 is 1.54 bits per heavy atom. The van der Waals surface area contributed by atoms with Gasteiger partial charge in [-0.2, -0.15) is 0 Å². The van der Waals surface area contributed by atoms with Gasteiger partial charge in [-0.15, -0.1) is 0 Å². The number of carbonyl (C=O) groups excluding carboxylic acids is 1. The van der Waals surface area contributed by atoms with Gasteiger partial charge >= 0.3 is 0 Å². The first-order valence-electron chi connectivity index (χ1n) is 7.96. The molecule has 0 spiro atoms. The molecule has 0 saturated carbocycles. The van der Waals surface area contributed by atoms with Crippen LogP contribution in [0.4, 0.5) is 0 Å². The fraction of sp³-hybridized carbons (Fsp3) is 0.278. The number of aromatic nitrogens is 2. The van der Waals surface area contributed by atoms with E-state index in [0.717, 1.165) is 42.3 Å². The molecule has 0 atom stereocenters. The van der Waals surface area contributed by atoms with Gasteiger partial charge in [0.15, 0.2) is 0 Å². The first-order chi connectivity index (χ1) is 11.7. The predicted molar refractivity (Wildman–Crippen MR) is 88.5 cm³/mol. The zero-order valence-corrected chi connectivity index (χ0v) is 13.2. The van der Waals surface area contributed by atoms with Gasteiger partial charge in [-0.3, -0.25) is 10.0 Å². The van der Waals surface area contributed by atoms with Crippen molar-refractivity contribution in [1.82, 2.24) is 15.8 Å². The van der Waals surface area contributed by atoms with Crippen molar-refractivity contribution in [3.8, 4) is 0 Å². The van der Waals surface area contributed by atoms with Crippen molar-refractivity contribution >= 4 is 16.9 Å². The lowest BCUT2D eigenvalue weighted by Crippen LogP contribution is -2.20. The Morgan fingerprint density at radius 3 is 2.29 bits per heavy atom. The zero-order chi connectivity index (χ0) is 16.8. The smallest absolute Gasteiger partial charge is 0.247 e. The number of fused-ring (bicyclic) bond motifs is 1. The summed E-state index contributed by atoms with van der Waals surface area (Å²) < 4.78 is 4.71. The van der Waals surface area contributed by atoms with E-state index >= 15 is 0 Å². The molecule has 3 aromatic rings. The summed E-state index contributed by atoms with van der Waals surface area (Å²) in [4.78, 5) is 11.1. The van der Waals surface area contributed by atoms with E-state index in [1.807, 2.05) is 36.4 Å². The summed E-state index contributed by atoms with van der Waals surface area (Å²) in [5, 5.41) is 16.2. The third-order valence-corrected chi connectivity index (χ3v) is 4.01. The molecule has 0 unspecified atom stereocenters. The van der Waals surface area contributed by atoms with Crippen LogP contribution in [0.15, 0.2) is 47.1 Å². The molecule has 6 nitrogen and oxygen atoms in total. The molecular weight excluding hydrogens is 306 g/mol. The molecule has 0 fully saturated rings. The largest absolute Gasteiger partial charge is 0.289 e. The Kier molecular flexibility index (Phi) is 5.18. The number of unbranched alkanes of at least 4 members (excludes halogenated alkanes) is 1. The minimum absolute atomic E-state index is 0.191. The number of hydrogen-bond donors (Lipinski definition) is 2. The maximum absolute atomic E-state index is 11.1. The SMILES string of the molecule is O=C(Cc1ccc(CCCCc2ccc3nonc3c2)cc1)NO. The third kappa shape index (κ3) is 4.17. The first-order valence-corrected chi connectivity index (χ1v) is 7.96. The fourth-order valence-electron chi connectivity index (χ4n) is 2.69. The number of carbonyl (C=O) groups is 1. The second-order valence-corrected chi connectivity index (χ2v) is 5.82. The van der Waals surface area contributed by atoms with Crippen molar-refractivity contribution in [1.29, 1.82) is 0 Å². The van der Waals surface area contributed by atoms with E-state index in [1.54, 1.807) is 5.48 Å². The average molecular weight is 325 g/mol. The Morgan fingerprint density at radius 1 is 0.917 bits per heavy atom. The standard InChI is InChI=1S/C18H19N3O3/c22-18(19-23)12-15-7-5-13(6-8-15)3-1-2-4-14-9-10-16-17(11-14)21-24-20-16/h5-11,23H,1-4,12H2,(H,19,22). The van der Waals surface area contributed by atoms with Crippen LogP contribution in [0.2, 0.25) is 0 Å². The van der Waals surface area contributed by atoms with E-state index in [0.29, 0.717) is 0 Å². The van der Waals surface area contributed by atoms with Crippen LogP contribution in [0.1, 0.15) is 29.5 Å². The van der Waals surface area contributed by atoms with Crippen molar-refractivity contribution in [3.05, 3.63) is 59.2 Å². The number of hydroxylamine groups is 1. The number of hydrogen-bond acceptors (Lipinski definition) is 5. The van der Waals surface area contributed by atoms with Gasteiger partial charge < -0.3 is 0 Å². The zero-order valence-electron chi connectivity index (χ0n) is 13.2. The molecule has 0 bridgehead atoms. The Bertz CT molecular complexity index is 812. The molecule has 124 valence electrons. The molecule has 6 heteroatoms. The molecule has 3 rings (SSSR count). The van der Waals surface area contributed by atoms with Gasteiger partial charge in [0.05, 0.1) is 6.42 Å². The minimum atomic E-state index is -0.401. The van der Waals surface area contributed by atoms with Gasteiger partial charge in [0.1, 0.15) is 11.0 Å². The second-order valence-electron chi connectivity index (χ2n) is 5.82. The number of rotatable bonds is 7. The van der Waals surface area contributed by atoms with E-state index in [1.165, 1.54) is 11.1 Å². The van der Waals surface area contributed by atoms with Gasteiger partial charge in [-0.05, 0) is 64.8 Å². The molecule has 2 aromatic carbocycles. The first kappa shape index (κ1) is 16.1. The second kappa shape index (κ2) is 7.70. The van der Waals surface area contributed by atoms with Crippen LogP contribution in [0.25, 0.3) is 11.0 Å². The van der Waals surface area contributed by atoms with Gasteiger partial charge in [0.2, 0.25) is 5.91 Å². The number of nitrogens with zero attached hydrogens (tertiary/aromatic N) is 2. The summed E-state index contributed by atoms with van der Waals surface area (Å²) in [6.07, 6.45) is 4.37. The summed E-state index contributed by atoms with van der Waals surface area (Å²) in [6.45, 7) is 0. The van der Waals surface area contributed by atoms with Crippen molar-refractivity contribution < 1.29 is 14.6 Å². The molecule has 0 aliphatic carbocycles. The van der Waals surface area contributed by atoms with E-state index in [4.69, 9.17) is 9.84 Å². The molecular formula is C18H19N3O3. The summed E-state index contributed by atoms with van der Waals surface area (Å²) in [5.74, 6) is -0.401. The third-order valence-electron chi connectivity index (χ3n) is 4.01. The van der Waals surface area contributed by atoms with E-state index in [9.17, 15) is 4.79 Å². The van der Waals surface area contributed by atoms with Crippen molar-refractivity contribution in [2.24, 2.45) is 0 Å². The normalized spacial score (nSPS) is 10.9. The summed E-state index contributed by atoms with van der Waals surface area (Å²) >= 11 is 0. The fourth-order valence-corrected chi connectivity index (χ4v) is 2.69. The van der Waals surface area contributed by atoms with Gasteiger partial charge in [-0.1, -0.05) is 30.3 Å². The van der Waals surface area contributed by atoms with Gasteiger partial charge in [-0.25, -0.2) is 10.1 Å². The van der Waals surface area contributed by atoms with Gasteiger partial charge in [0, 0.05) is 0 Å². The molecule has 2 N–H and O–H groups in total. The number of amides is 1. The van der Waals surface area contributed by atoms with Crippen LogP contribution in [-0.2, 0) is 24.1 Å². The highest BCUT2D eigenvalue weighted by Gasteiger charge is 2.03. The van der Waals surface area contributed by atoms with Crippen LogP contribution < -0.4 is 5.48 Å². The molecule has 1 amide bonds. The maximum Gasteiger partial charge on any atom is 0.247 e. The van der Waals surface area contributed by atoms with Crippen molar-refractivity contribution in [2.45, 2.75) is 32.1 Å². The summed E-state index contributed by atoms with van der Waals surface area (Å²) in [5.41, 5.74) is 6.61. The summed E-state index contributed by atoms with van der Waals surface area (Å²) in [7, 11) is 0. The predicted octanol–water partition coefficient (Wildman–Crippen LogP) is 2.84. The van der Waals surface area contributed by atoms with Crippen LogP contribution in [0.3, 0.4) is 0 Å². The van der Waals surface area contributed by atoms with Crippen molar-refractivity contribution in [3.63, 3.8) is 0 Å². The van der Waals surface area contributed by atoms with Gasteiger partial charge in [0.25, 0.3) is 0 Å². The Balaban J connectivity index is 1.45. The van der Waals surface area contributed by atoms with E-state index in [2.05, 4.69) is 16.4 Å². The van der Waals surface area contributed by atoms with Crippen LogP contribution in [0, 0.1) is 0 Å². The highest BCUT2D eigenvalue weighted by Crippen LogP contribution is 2.15. The lowest BCUT2D eigenvalue weighted by Gasteiger charge is -2.04. The molecule has 0 aliphatic heterocycles. The molecule has 0 saturated heterocycles. The molecule has 24 heavy (non-hydrogen) atoms. The number of aryl methyl sites for hydroxylation is 2. The number of benzene rings is 2. The molecule has 0 aliphatic rings. The van der Waals surface area contributed by atoms with Crippen LogP contribution in [0.5, 0.6) is 0 Å². The topological polar surface area (TPSA) is 88.2 Å². The van der Waals surface area contributed by atoms with Crippen molar-refractivity contribution in [2.75, 3.05) is 0 Å². The molecule has 0 radical (unpaired) electrons. The lowest BCUT2D eigenvalue weighted by molar-refractivity contribution is -0.128. The maximum atomic E-state index is 11.1. The lowest BCUT2D eigenvalue weighted by atomic mass is 10.0. The minimum Gasteiger partial charge on any atom is -0.289 e. The van der Waals surface area contributed by atoms with Crippen LogP contribution in [-0.4, -0.2) is 21.4 Å². The Hall–Kier alpha value is -2.73. The molecule has 1 aromatic heterocycles. The summed E-state index contributed by atoms with van der Waals surface area (Å²) in [6, 6.07) is 13.9. The van der Waals surface area contributed by atoms with E-state index < -0.39 is 5.91 Å². The van der Waals surface area contributed by atoms with Crippen LogP contribution >= 0.6 is 0 Å². The average Bonchev–Trinajstić information content (AvgIpc) is 3.07. The quantitative estimate of drug-likeness (QED) is 0.396. The highest BCUT2D eigenvalue weighted by atomic mass is 16.6. The number of nitrogens with one attached hydrogen (secondary N) is 1. The van der Waals surface area contributed by atoms with E-state index in [-0.39, 0.29) is 6.42 Å².